The van der Waals surface area contributed by atoms with Gasteiger partial charge in [0.1, 0.15) is 0 Å². The van der Waals surface area contributed by atoms with Crippen molar-refractivity contribution >= 4 is 10.0 Å². The van der Waals surface area contributed by atoms with E-state index in [1.807, 2.05) is 6.07 Å². The largest absolute Gasteiger partial charge is 0.220 e. The van der Waals surface area contributed by atoms with Crippen molar-refractivity contribution in [1.29, 1.82) is 0 Å². The Morgan fingerprint density at radius 3 is 2.06 bits per heavy atom. The highest BCUT2D eigenvalue weighted by atomic mass is 32.2. The lowest BCUT2D eigenvalue weighted by atomic mass is 10.2. The summed E-state index contributed by atoms with van der Waals surface area (Å²) in [5.41, 5.74) is 0.714. The van der Waals surface area contributed by atoms with E-state index in [1.165, 1.54) is 0 Å². The van der Waals surface area contributed by atoms with E-state index in [2.05, 4.69) is 11.8 Å². The van der Waals surface area contributed by atoms with Gasteiger partial charge in [-0.2, -0.15) is 4.31 Å². The van der Waals surface area contributed by atoms with Gasteiger partial charge < -0.3 is 0 Å². The second kappa shape index (κ2) is 6.10. The lowest BCUT2D eigenvalue weighted by Gasteiger charge is -2.17. The first-order valence-corrected chi connectivity index (χ1v) is 6.59. The van der Waals surface area contributed by atoms with Crippen molar-refractivity contribution in [1.82, 2.24) is 4.31 Å². The summed E-state index contributed by atoms with van der Waals surface area (Å²) < 4.78 is 25.2. The van der Waals surface area contributed by atoms with E-state index in [0.717, 1.165) is 4.31 Å². The molecule has 0 amide bonds. The Bertz CT molecular complexity index is 519. The van der Waals surface area contributed by atoms with Crippen molar-refractivity contribution in [2.24, 2.45) is 0 Å². The van der Waals surface area contributed by atoms with Gasteiger partial charge in [-0.1, -0.05) is 42.2 Å². The Morgan fingerprint density at radius 1 is 1.06 bits per heavy atom. The summed E-state index contributed by atoms with van der Waals surface area (Å²) in [6.07, 6.45) is 10.3. The second-order valence-corrected chi connectivity index (χ2v) is 5.39. The lowest BCUT2D eigenvalue weighted by molar-refractivity contribution is 0.481. The number of terminal acetylenes is 2. The molecule has 0 aliphatic heterocycles. The number of benzene rings is 1. The number of hydrogen-bond acceptors (Lipinski definition) is 2. The predicted octanol–water partition coefficient (Wildman–Crippen LogP) is 1.08. The van der Waals surface area contributed by atoms with E-state index in [4.69, 9.17) is 12.8 Å². The fourth-order valence-electron chi connectivity index (χ4n) is 1.33. The van der Waals surface area contributed by atoms with Crippen LogP contribution < -0.4 is 0 Å². The summed E-state index contributed by atoms with van der Waals surface area (Å²) in [5, 5.41) is 0. The Hall–Kier alpha value is -1.75. The van der Waals surface area contributed by atoms with Crippen molar-refractivity contribution in [3.63, 3.8) is 0 Å². The van der Waals surface area contributed by atoms with Crippen molar-refractivity contribution in [3.8, 4) is 24.7 Å². The maximum Gasteiger partial charge on any atom is 0.220 e. The minimum Gasteiger partial charge on any atom is -0.212 e. The molecule has 0 aliphatic rings. The third-order valence-electron chi connectivity index (χ3n) is 2.12. The zero-order valence-electron chi connectivity index (χ0n) is 9.33. The van der Waals surface area contributed by atoms with E-state index in [9.17, 15) is 8.42 Å². The normalized spacial score (nSPS) is 10.8. The molecule has 0 fully saturated rings. The van der Waals surface area contributed by atoms with Crippen LogP contribution in [0.4, 0.5) is 0 Å². The molecule has 0 unspecified atom stereocenters. The van der Waals surface area contributed by atoms with E-state index < -0.39 is 10.0 Å². The van der Waals surface area contributed by atoms with Crippen molar-refractivity contribution in [2.75, 3.05) is 13.1 Å². The highest BCUT2D eigenvalue weighted by Crippen LogP contribution is 2.09. The van der Waals surface area contributed by atoms with Crippen LogP contribution in [0.2, 0.25) is 0 Å². The minimum absolute atomic E-state index is 0.000628. The van der Waals surface area contributed by atoms with Crippen LogP contribution in [0.25, 0.3) is 0 Å². The van der Waals surface area contributed by atoms with Gasteiger partial charge in [0, 0.05) is 0 Å². The number of sulfonamides is 1. The van der Waals surface area contributed by atoms with Crippen LogP contribution in [0, 0.1) is 24.7 Å². The highest BCUT2D eigenvalue weighted by molar-refractivity contribution is 7.88. The van der Waals surface area contributed by atoms with E-state index in [-0.39, 0.29) is 18.8 Å². The Morgan fingerprint density at radius 2 is 1.59 bits per heavy atom. The Kier molecular flexibility index (Phi) is 4.78. The topological polar surface area (TPSA) is 37.4 Å². The van der Waals surface area contributed by atoms with Gasteiger partial charge in [0.25, 0.3) is 0 Å². The predicted molar refractivity (Wildman–Crippen MR) is 68.3 cm³/mol. The zero-order valence-corrected chi connectivity index (χ0v) is 10.2. The van der Waals surface area contributed by atoms with E-state index in [0.29, 0.717) is 5.56 Å². The zero-order chi connectivity index (χ0) is 12.7. The molecule has 1 aromatic carbocycles. The maximum absolute atomic E-state index is 12.0. The molecule has 1 rings (SSSR count). The third kappa shape index (κ3) is 3.96. The molecular formula is C13H13NO2S. The summed E-state index contributed by atoms with van der Waals surface area (Å²) in [6.45, 7) is -0.00126. The van der Waals surface area contributed by atoms with Crippen LogP contribution in [-0.2, 0) is 15.8 Å². The SMILES string of the molecule is C#CCN(CC#C)S(=O)(=O)Cc1ccccc1. The van der Waals surface area contributed by atoms with Crippen molar-refractivity contribution in [2.45, 2.75) is 5.75 Å². The van der Waals surface area contributed by atoms with Gasteiger partial charge in [-0.15, -0.1) is 12.8 Å². The average Bonchev–Trinajstić information content (AvgIpc) is 2.29. The molecule has 17 heavy (non-hydrogen) atoms. The van der Waals surface area contributed by atoms with Crippen LogP contribution in [0.1, 0.15) is 5.56 Å². The van der Waals surface area contributed by atoms with Gasteiger partial charge in [-0.25, -0.2) is 8.42 Å². The molecule has 0 aromatic heterocycles. The second-order valence-electron chi connectivity index (χ2n) is 3.42. The molecule has 0 atom stereocenters. The van der Waals surface area contributed by atoms with Crippen molar-refractivity contribution < 1.29 is 8.42 Å². The molecule has 0 N–H and O–H groups in total. The number of rotatable bonds is 5. The minimum atomic E-state index is -3.45. The fraction of sp³-hybridized carbons (Fsp3) is 0.231. The highest BCUT2D eigenvalue weighted by Gasteiger charge is 2.20. The van der Waals surface area contributed by atoms with Crippen LogP contribution in [0.5, 0.6) is 0 Å². The molecule has 1 aromatic rings. The van der Waals surface area contributed by atoms with Crippen LogP contribution in [-0.4, -0.2) is 25.8 Å². The number of hydrogen-bond donors (Lipinski definition) is 0. The quantitative estimate of drug-likeness (QED) is 0.730. The monoisotopic (exact) mass is 247 g/mol. The molecule has 0 saturated heterocycles. The van der Waals surface area contributed by atoms with Crippen LogP contribution >= 0.6 is 0 Å². The van der Waals surface area contributed by atoms with Gasteiger partial charge in [0.05, 0.1) is 18.8 Å². The lowest BCUT2D eigenvalue weighted by Crippen LogP contribution is -2.32. The van der Waals surface area contributed by atoms with Gasteiger partial charge in [-0.05, 0) is 5.56 Å². The molecule has 0 radical (unpaired) electrons. The summed E-state index contributed by atoms with van der Waals surface area (Å²) in [6, 6.07) is 8.91. The molecule has 88 valence electrons. The van der Waals surface area contributed by atoms with Crippen LogP contribution in [0.3, 0.4) is 0 Å². The van der Waals surface area contributed by atoms with E-state index >= 15 is 0 Å². The first kappa shape index (κ1) is 13.3. The van der Waals surface area contributed by atoms with Gasteiger partial charge >= 0.3 is 0 Å². The number of nitrogens with zero attached hydrogens (tertiary/aromatic N) is 1. The molecule has 0 saturated carbocycles. The van der Waals surface area contributed by atoms with Gasteiger partial charge in [0.2, 0.25) is 10.0 Å². The fourth-order valence-corrected chi connectivity index (χ4v) is 2.67. The Balaban J connectivity index is 2.87. The Labute approximate surface area is 103 Å². The summed E-state index contributed by atoms with van der Waals surface area (Å²) >= 11 is 0. The standard InChI is InChI=1S/C13H13NO2S/c1-3-10-14(11-4-2)17(15,16)12-13-8-6-5-7-9-13/h1-2,5-9H,10-12H2. The summed E-state index contributed by atoms with van der Waals surface area (Å²) in [5.74, 6) is 4.51. The average molecular weight is 247 g/mol. The first-order valence-electron chi connectivity index (χ1n) is 4.99. The molecule has 4 heteroatoms. The molecular weight excluding hydrogens is 234 g/mol. The molecule has 0 aliphatic carbocycles. The maximum atomic E-state index is 12.0. The third-order valence-corrected chi connectivity index (χ3v) is 3.86. The molecule has 0 bridgehead atoms. The van der Waals surface area contributed by atoms with Gasteiger partial charge in [-0.3, -0.25) is 0 Å². The van der Waals surface area contributed by atoms with Crippen molar-refractivity contribution in [3.05, 3.63) is 35.9 Å². The summed E-state index contributed by atoms with van der Waals surface area (Å²) in [4.78, 5) is 0. The van der Waals surface area contributed by atoms with E-state index in [1.54, 1.807) is 24.3 Å². The van der Waals surface area contributed by atoms with Gasteiger partial charge in [0.15, 0.2) is 0 Å². The smallest absolute Gasteiger partial charge is 0.212 e. The summed E-state index contributed by atoms with van der Waals surface area (Å²) in [7, 11) is -3.45. The molecule has 0 spiro atoms. The molecule has 0 heterocycles. The van der Waals surface area contributed by atoms with Crippen LogP contribution in [0.15, 0.2) is 30.3 Å². The molecule has 3 nitrogen and oxygen atoms in total. The first-order chi connectivity index (χ1) is 8.10.